The summed E-state index contributed by atoms with van der Waals surface area (Å²) >= 11 is 0. The zero-order valence-electron chi connectivity index (χ0n) is 17.5. The average Bonchev–Trinajstić information content (AvgIpc) is 2.82. The van der Waals surface area contributed by atoms with E-state index >= 15 is 0 Å². The van der Waals surface area contributed by atoms with Crippen molar-refractivity contribution in [2.45, 2.75) is 25.3 Å². The van der Waals surface area contributed by atoms with Crippen LogP contribution in [0.2, 0.25) is 0 Å². The van der Waals surface area contributed by atoms with Crippen molar-refractivity contribution < 1.29 is 9.59 Å². The van der Waals surface area contributed by atoms with E-state index in [2.05, 4.69) is 15.3 Å². The molecule has 5 rings (SSSR count). The predicted octanol–water partition coefficient (Wildman–Crippen LogP) is 2.08. The molecule has 4 heterocycles. The van der Waals surface area contributed by atoms with Crippen molar-refractivity contribution in [1.82, 2.24) is 19.4 Å². The van der Waals surface area contributed by atoms with E-state index in [0.29, 0.717) is 31.0 Å². The van der Waals surface area contributed by atoms with Gasteiger partial charge in [0, 0.05) is 43.6 Å². The second kappa shape index (κ2) is 8.37. The molecule has 1 N–H and O–H groups in total. The van der Waals surface area contributed by atoms with Crippen LogP contribution in [0.1, 0.15) is 34.1 Å². The van der Waals surface area contributed by atoms with E-state index in [0.717, 1.165) is 17.7 Å². The molecule has 1 aromatic carbocycles. The Balaban J connectivity index is 1.34. The molecular weight excluding hydrogens is 406 g/mol. The second-order valence-corrected chi connectivity index (χ2v) is 8.40. The van der Waals surface area contributed by atoms with Crippen molar-refractivity contribution in [3.05, 3.63) is 88.4 Å². The third-order valence-corrected chi connectivity index (χ3v) is 6.16. The van der Waals surface area contributed by atoms with Crippen molar-refractivity contribution in [3.63, 3.8) is 0 Å². The van der Waals surface area contributed by atoms with Crippen molar-refractivity contribution in [2.75, 3.05) is 18.4 Å². The number of benzene rings is 1. The van der Waals surface area contributed by atoms with Crippen LogP contribution in [0.5, 0.6) is 0 Å². The molecule has 2 bridgehead atoms. The first kappa shape index (κ1) is 20.1. The summed E-state index contributed by atoms with van der Waals surface area (Å²) in [6, 6.07) is 13.0. The Morgan fingerprint density at radius 1 is 1.03 bits per heavy atom. The van der Waals surface area contributed by atoms with Gasteiger partial charge in [0.1, 0.15) is 11.4 Å². The number of pyridine rings is 1. The lowest BCUT2D eigenvalue weighted by molar-refractivity contribution is -0.115. The first-order valence-corrected chi connectivity index (χ1v) is 10.7. The molecule has 3 aromatic rings. The molecule has 8 nitrogen and oxygen atoms in total. The third-order valence-electron chi connectivity index (χ3n) is 6.16. The van der Waals surface area contributed by atoms with Gasteiger partial charge in [0.2, 0.25) is 5.91 Å². The molecule has 2 atom stereocenters. The minimum absolute atomic E-state index is 0.0740. The number of amides is 2. The molecule has 32 heavy (non-hydrogen) atoms. The number of fused-ring (bicyclic) bond motifs is 4. The summed E-state index contributed by atoms with van der Waals surface area (Å²) in [5, 5.41) is 2.77. The number of anilines is 1. The number of carbonyl (C=O) groups is 2. The molecule has 2 aliphatic rings. The number of nitrogens with zero attached hydrogens (tertiary/aromatic N) is 4. The SMILES string of the molecule is O=C(Cc1ccccc1)Nc1ccc2n(c1=O)C[C@@H]1C[C@@H]2CN(C(=O)c2cnccn2)C1. The first-order valence-electron chi connectivity index (χ1n) is 10.7. The largest absolute Gasteiger partial charge is 0.336 e. The molecule has 0 aliphatic carbocycles. The molecule has 1 saturated heterocycles. The summed E-state index contributed by atoms with van der Waals surface area (Å²) in [5.74, 6) is -0.0984. The quantitative estimate of drug-likeness (QED) is 0.685. The zero-order chi connectivity index (χ0) is 22.1. The van der Waals surface area contributed by atoms with Crippen molar-refractivity contribution >= 4 is 17.5 Å². The highest BCUT2D eigenvalue weighted by Gasteiger charge is 2.37. The Morgan fingerprint density at radius 3 is 2.66 bits per heavy atom. The molecule has 1 fully saturated rings. The van der Waals surface area contributed by atoms with E-state index < -0.39 is 0 Å². The lowest BCUT2D eigenvalue weighted by atomic mass is 9.83. The molecule has 2 aliphatic heterocycles. The average molecular weight is 429 g/mol. The van der Waals surface area contributed by atoms with Crippen LogP contribution in [0.15, 0.2) is 65.8 Å². The minimum atomic E-state index is -0.217. The van der Waals surface area contributed by atoms with Gasteiger partial charge in [-0.1, -0.05) is 30.3 Å². The van der Waals surface area contributed by atoms with Crippen LogP contribution in [0, 0.1) is 5.92 Å². The third kappa shape index (κ3) is 3.91. The van der Waals surface area contributed by atoms with Gasteiger partial charge in [0.15, 0.2) is 0 Å². The lowest BCUT2D eigenvalue weighted by Gasteiger charge is -2.42. The van der Waals surface area contributed by atoms with Gasteiger partial charge in [-0.15, -0.1) is 0 Å². The number of hydrogen-bond acceptors (Lipinski definition) is 5. The van der Waals surface area contributed by atoms with E-state index in [1.807, 2.05) is 41.3 Å². The van der Waals surface area contributed by atoms with Gasteiger partial charge in [-0.25, -0.2) is 4.98 Å². The van der Waals surface area contributed by atoms with Gasteiger partial charge in [-0.2, -0.15) is 0 Å². The molecule has 0 radical (unpaired) electrons. The van der Waals surface area contributed by atoms with Crippen LogP contribution in [-0.2, 0) is 17.8 Å². The maximum atomic E-state index is 13.1. The molecule has 0 saturated carbocycles. The Kier molecular flexibility index (Phi) is 5.26. The Hall–Kier alpha value is -3.81. The summed E-state index contributed by atoms with van der Waals surface area (Å²) in [5.41, 5.74) is 2.24. The highest BCUT2D eigenvalue weighted by molar-refractivity contribution is 5.92. The number of aromatic nitrogens is 3. The first-order chi connectivity index (χ1) is 15.6. The summed E-state index contributed by atoms with van der Waals surface area (Å²) in [6.07, 6.45) is 5.69. The van der Waals surface area contributed by atoms with E-state index in [4.69, 9.17) is 0 Å². The molecule has 0 spiro atoms. The number of rotatable bonds is 4. The molecule has 162 valence electrons. The normalized spacial score (nSPS) is 19.2. The van der Waals surface area contributed by atoms with Crippen molar-refractivity contribution in [1.29, 1.82) is 0 Å². The second-order valence-electron chi connectivity index (χ2n) is 8.40. The molecular formula is C24H23N5O3. The lowest BCUT2D eigenvalue weighted by Crippen LogP contribution is -2.49. The maximum Gasteiger partial charge on any atom is 0.274 e. The van der Waals surface area contributed by atoms with E-state index in [1.54, 1.807) is 16.8 Å². The van der Waals surface area contributed by atoms with Crippen LogP contribution in [0.3, 0.4) is 0 Å². The number of hydrogen-bond donors (Lipinski definition) is 1. The topological polar surface area (TPSA) is 97.2 Å². The highest BCUT2D eigenvalue weighted by atomic mass is 16.2. The van der Waals surface area contributed by atoms with E-state index in [1.165, 1.54) is 12.4 Å². The Morgan fingerprint density at radius 2 is 1.88 bits per heavy atom. The van der Waals surface area contributed by atoms with Crippen molar-refractivity contribution in [3.8, 4) is 0 Å². The van der Waals surface area contributed by atoms with Gasteiger partial charge in [-0.3, -0.25) is 19.4 Å². The van der Waals surface area contributed by atoms with E-state index in [9.17, 15) is 14.4 Å². The smallest absolute Gasteiger partial charge is 0.274 e. The fourth-order valence-electron chi connectivity index (χ4n) is 4.75. The van der Waals surface area contributed by atoms with Crippen LogP contribution in [0.25, 0.3) is 0 Å². The van der Waals surface area contributed by atoms with Gasteiger partial charge in [0.25, 0.3) is 11.5 Å². The van der Waals surface area contributed by atoms with Gasteiger partial charge in [0.05, 0.1) is 12.6 Å². The molecule has 2 amide bonds. The van der Waals surface area contributed by atoms with Gasteiger partial charge in [-0.05, 0) is 30.0 Å². The van der Waals surface area contributed by atoms with Crippen LogP contribution >= 0.6 is 0 Å². The minimum Gasteiger partial charge on any atom is -0.336 e. The fraction of sp³-hybridized carbons (Fsp3) is 0.292. The Labute approximate surface area is 184 Å². The summed E-state index contributed by atoms with van der Waals surface area (Å²) < 4.78 is 1.76. The summed E-state index contributed by atoms with van der Waals surface area (Å²) in [7, 11) is 0. The van der Waals surface area contributed by atoms with Crippen molar-refractivity contribution in [2.24, 2.45) is 5.92 Å². The highest BCUT2D eigenvalue weighted by Crippen LogP contribution is 2.35. The Bertz CT molecular complexity index is 1210. The van der Waals surface area contributed by atoms with Gasteiger partial charge >= 0.3 is 0 Å². The fourth-order valence-corrected chi connectivity index (χ4v) is 4.75. The number of piperidine rings is 1. The number of likely N-dealkylation sites (tertiary alicyclic amines) is 1. The van der Waals surface area contributed by atoms with Gasteiger partial charge < -0.3 is 14.8 Å². The molecule has 8 heteroatoms. The summed E-state index contributed by atoms with van der Waals surface area (Å²) in [4.78, 5) is 48.3. The monoisotopic (exact) mass is 429 g/mol. The molecule has 2 aromatic heterocycles. The zero-order valence-corrected chi connectivity index (χ0v) is 17.5. The van der Waals surface area contributed by atoms with E-state index in [-0.39, 0.29) is 35.6 Å². The van der Waals surface area contributed by atoms with Crippen LogP contribution < -0.4 is 10.9 Å². The number of carbonyl (C=O) groups excluding carboxylic acids is 2. The number of nitrogens with one attached hydrogen (secondary N) is 1. The predicted molar refractivity (Wildman–Crippen MR) is 118 cm³/mol. The summed E-state index contributed by atoms with van der Waals surface area (Å²) in [6.45, 7) is 1.63. The maximum absolute atomic E-state index is 13.1. The standard InChI is InChI=1S/C24H23N5O3/c30-22(11-16-4-2-1-3-5-16)27-19-6-7-21-18-10-17(14-29(21)24(19)32)13-28(15-18)23(31)20-12-25-8-9-26-20/h1-9,12,17-18H,10-11,13-15H2,(H,27,30)/t17-,18-/m1/s1. The van der Waals surface area contributed by atoms with Crippen LogP contribution in [0.4, 0.5) is 5.69 Å². The van der Waals surface area contributed by atoms with Crippen LogP contribution in [-0.4, -0.2) is 44.3 Å². The molecule has 0 unspecified atom stereocenters.